The molecule has 1 unspecified atom stereocenters. The molecule has 122 valence electrons. The van der Waals surface area contributed by atoms with E-state index in [2.05, 4.69) is 0 Å². The summed E-state index contributed by atoms with van der Waals surface area (Å²) in [5.41, 5.74) is 1.11. The molecule has 0 aliphatic rings. The predicted octanol–water partition coefficient (Wildman–Crippen LogP) is 3.73. The summed E-state index contributed by atoms with van der Waals surface area (Å²) in [6.07, 6.45) is 0.217. The van der Waals surface area contributed by atoms with E-state index in [9.17, 15) is 9.90 Å². The van der Waals surface area contributed by atoms with Crippen molar-refractivity contribution in [2.24, 2.45) is 0 Å². The van der Waals surface area contributed by atoms with Gasteiger partial charge >= 0.3 is 5.97 Å². The lowest BCUT2D eigenvalue weighted by atomic mass is 10.2. The summed E-state index contributed by atoms with van der Waals surface area (Å²) in [5.74, 6) is -0.193. The van der Waals surface area contributed by atoms with Crippen molar-refractivity contribution in [1.29, 1.82) is 0 Å². The number of benzene rings is 2. The van der Waals surface area contributed by atoms with Gasteiger partial charge in [0.2, 0.25) is 0 Å². The topological polar surface area (TPSA) is 65.0 Å². The number of ether oxygens (including phenoxy) is 3. The second-order valence-corrected chi connectivity index (χ2v) is 4.96. The molecule has 5 nitrogen and oxygen atoms in total. The highest BCUT2D eigenvalue weighted by molar-refractivity contribution is 5.88. The molecule has 0 saturated heterocycles. The number of methoxy groups -OCH3 is 1. The molecule has 0 bridgehead atoms. The fourth-order valence-electron chi connectivity index (χ4n) is 2.04. The molecule has 0 spiro atoms. The molecular weight excluding hydrogens is 296 g/mol. The van der Waals surface area contributed by atoms with Crippen LogP contribution in [0, 0.1) is 0 Å². The van der Waals surface area contributed by atoms with Crippen molar-refractivity contribution in [2.45, 2.75) is 26.2 Å². The third-order valence-electron chi connectivity index (χ3n) is 3.24. The summed E-state index contributed by atoms with van der Waals surface area (Å²) in [6.45, 7) is 2.27. The van der Waals surface area contributed by atoms with Crippen LogP contribution in [0.3, 0.4) is 0 Å². The first-order valence-corrected chi connectivity index (χ1v) is 7.37. The number of hydrogen-bond donors (Lipinski definition) is 1. The van der Waals surface area contributed by atoms with Crippen molar-refractivity contribution in [1.82, 2.24) is 0 Å². The van der Waals surface area contributed by atoms with Gasteiger partial charge < -0.3 is 19.3 Å². The van der Waals surface area contributed by atoms with Crippen molar-refractivity contribution >= 4 is 5.97 Å². The van der Waals surface area contributed by atoms with Crippen LogP contribution in [-0.2, 0) is 11.3 Å². The van der Waals surface area contributed by atoms with Crippen LogP contribution in [0.1, 0.15) is 29.3 Å². The molecule has 0 aliphatic heterocycles. The Morgan fingerprint density at radius 1 is 1.13 bits per heavy atom. The number of carboxylic acids is 1. The molecule has 1 N–H and O–H groups in total. The summed E-state index contributed by atoms with van der Waals surface area (Å²) in [6, 6.07) is 14.3. The summed E-state index contributed by atoms with van der Waals surface area (Å²) >= 11 is 0. The van der Waals surface area contributed by atoms with E-state index in [0.29, 0.717) is 24.5 Å². The zero-order valence-corrected chi connectivity index (χ0v) is 13.2. The van der Waals surface area contributed by atoms with Crippen LogP contribution in [0.15, 0.2) is 48.5 Å². The Bertz CT molecular complexity index is 635. The van der Waals surface area contributed by atoms with E-state index in [0.717, 1.165) is 5.56 Å². The molecule has 0 fully saturated rings. The Labute approximate surface area is 135 Å². The van der Waals surface area contributed by atoms with Crippen LogP contribution in [0.4, 0.5) is 0 Å². The molecule has 0 aromatic heterocycles. The summed E-state index contributed by atoms with van der Waals surface area (Å²) in [7, 11) is 1.54. The number of aromatic carboxylic acids is 1. The van der Waals surface area contributed by atoms with Crippen molar-refractivity contribution in [3.63, 3.8) is 0 Å². The molecule has 0 aliphatic carbocycles. The van der Waals surface area contributed by atoms with Crippen molar-refractivity contribution in [3.05, 3.63) is 59.7 Å². The van der Waals surface area contributed by atoms with Gasteiger partial charge in [0.1, 0.15) is 18.1 Å². The Morgan fingerprint density at radius 2 is 1.83 bits per heavy atom. The lowest BCUT2D eigenvalue weighted by molar-refractivity contribution is -0.0549. The van der Waals surface area contributed by atoms with Crippen LogP contribution < -0.4 is 9.47 Å². The number of rotatable bonds is 8. The van der Waals surface area contributed by atoms with E-state index in [1.54, 1.807) is 13.2 Å². The second-order valence-electron chi connectivity index (χ2n) is 4.96. The van der Waals surface area contributed by atoms with Crippen molar-refractivity contribution in [2.75, 3.05) is 7.11 Å². The first kappa shape index (κ1) is 16.8. The molecule has 2 aromatic carbocycles. The van der Waals surface area contributed by atoms with E-state index >= 15 is 0 Å². The third kappa shape index (κ3) is 5.00. The maximum absolute atomic E-state index is 11.3. The predicted molar refractivity (Wildman–Crippen MR) is 85.9 cm³/mol. The SMILES string of the molecule is CCC(OC)Oc1cc(OCc2ccccc2)cc(C(=O)O)c1. The van der Waals surface area contributed by atoms with Gasteiger partial charge in [0.25, 0.3) is 0 Å². The van der Waals surface area contributed by atoms with Crippen LogP contribution in [-0.4, -0.2) is 24.5 Å². The fraction of sp³-hybridized carbons (Fsp3) is 0.278. The number of carboxylic acid groups (broad SMARTS) is 1. The summed E-state index contributed by atoms with van der Waals surface area (Å²) in [4.78, 5) is 11.3. The first-order chi connectivity index (χ1) is 11.1. The van der Waals surface area contributed by atoms with E-state index < -0.39 is 12.3 Å². The van der Waals surface area contributed by atoms with E-state index in [1.807, 2.05) is 37.3 Å². The van der Waals surface area contributed by atoms with Gasteiger partial charge in [-0.15, -0.1) is 0 Å². The van der Waals surface area contributed by atoms with Gasteiger partial charge in [-0.2, -0.15) is 0 Å². The molecule has 0 heterocycles. The Morgan fingerprint density at radius 3 is 2.43 bits per heavy atom. The van der Waals surface area contributed by atoms with E-state index in [-0.39, 0.29) is 5.56 Å². The van der Waals surface area contributed by atoms with E-state index in [1.165, 1.54) is 12.1 Å². The largest absolute Gasteiger partial charge is 0.489 e. The Kier molecular flexibility index (Phi) is 6.00. The van der Waals surface area contributed by atoms with Gasteiger partial charge in [-0.3, -0.25) is 0 Å². The highest BCUT2D eigenvalue weighted by Gasteiger charge is 2.12. The molecule has 2 rings (SSSR count). The van der Waals surface area contributed by atoms with Gasteiger partial charge in [-0.1, -0.05) is 37.3 Å². The molecule has 2 aromatic rings. The molecule has 0 amide bonds. The normalized spacial score (nSPS) is 11.7. The minimum Gasteiger partial charge on any atom is -0.489 e. The van der Waals surface area contributed by atoms with Crippen LogP contribution in [0.2, 0.25) is 0 Å². The zero-order valence-electron chi connectivity index (χ0n) is 13.2. The molecular formula is C18H20O5. The van der Waals surface area contributed by atoms with Gasteiger partial charge in [-0.25, -0.2) is 4.79 Å². The van der Waals surface area contributed by atoms with Crippen LogP contribution in [0.25, 0.3) is 0 Å². The zero-order chi connectivity index (χ0) is 16.7. The minimum absolute atomic E-state index is 0.108. The summed E-state index contributed by atoms with van der Waals surface area (Å²) < 4.78 is 16.5. The number of hydrogen-bond acceptors (Lipinski definition) is 4. The quantitative estimate of drug-likeness (QED) is 0.752. The Balaban J connectivity index is 2.17. The van der Waals surface area contributed by atoms with Crippen molar-refractivity contribution in [3.8, 4) is 11.5 Å². The van der Waals surface area contributed by atoms with Gasteiger partial charge in [-0.05, 0) is 17.7 Å². The lowest BCUT2D eigenvalue weighted by Crippen LogP contribution is -2.17. The van der Waals surface area contributed by atoms with E-state index in [4.69, 9.17) is 14.2 Å². The maximum atomic E-state index is 11.3. The van der Waals surface area contributed by atoms with Crippen LogP contribution in [0.5, 0.6) is 11.5 Å². The van der Waals surface area contributed by atoms with Gasteiger partial charge in [0, 0.05) is 19.6 Å². The van der Waals surface area contributed by atoms with Gasteiger partial charge in [0.05, 0.1) is 5.56 Å². The highest BCUT2D eigenvalue weighted by Crippen LogP contribution is 2.25. The third-order valence-corrected chi connectivity index (χ3v) is 3.24. The molecule has 23 heavy (non-hydrogen) atoms. The standard InChI is InChI=1S/C18H20O5/c1-3-17(21-2)23-16-10-14(18(19)20)9-15(11-16)22-12-13-7-5-4-6-8-13/h4-11,17H,3,12H2,1-2H3,(H,19,20). The molecule has 0 radical (unpaired) electrons. The summed E-state index contributed by atoms with van der Waals surface area (Å²) in [5, 5.41) is 9.23. The minimum atomic E-state index is -1.04. The molecule has 1 atom stereocenters. The molecule has 5 heteroatoms. The Hall–Kier alpha value is -2.53. The van der Waals surface area contributed by atoms with Crippen molar-refractivity contribution < 1.29 is 24.1 Å². The average Bonchev–Trinajstić information content (AvgIpc) is 2.58. The lowest BCUT2D eigenvalue weighted by Gasteiger charge is -2.17. The second kappa shape index (κ2) is 8.19. The van der Waals surface area contributed by atoms with Crippen LogP contribution >= 0.6 is 0 Å². The average molecular weight is 316 g/mol. The number of carbonyl (C=O) groups is 1. The molecule has 0 saturated carbocycles. The maximum Gasteiger partial charge on any atom is 0.335 e. The fourth-order valence-corrected chi connectivity index (χ4v) is 2.04. The van der Waals surface area contributed by atoms with Gasteiger partial charge in [0.15, 0.2) is 6.29 Å². The first-order valence-electron chi connectivity index (χ1n) is 7.37. The smallest absolute Gasteiger partial charge is 0.335 e. The monoisotopic (exact) mass is 316 g/mol. The highest BCUT2D eigenvalue weighted by atomic mass is 16.7.